The van der Waals surface area contributed by atoms with Crippen molar-refractivity contribution >= 4 is 27.5 Å². The molecule has 10 heteroatoms. The molecule has 0 aliphatic heterocycles. The zero-order valence-corrected chi connectivity index (χ0v) is 12.5. The van der Waals surface area contributed by atoms with Gasteiger partial charge in [-0.3, -0.25) is 0 Å². The van der Waals surface area contributed by atoms with Crippen LogP contribution in [0, 0.1) is 0 Å². The van der Waals surface area contributed by atoms with Crippen LogP contribution >= 0.6 is 11.3 Å². The lowest BCUT2D eigenvalue weighted by molar-refractivity contribution is -0.143. The second kappa shape index (κ2) is 5.61. The van der Waals surface area contributed by atoms with E-state index in [9.17, 15) is 18.0 Å². The number of carbonyl (C=O) groups excluding carboxylic acids is 1. The fraction of sp³-hybridized carbons (Fsp3) is 0.231. The van der Waals surface area contributed by atoms with E-state index in [0.29, 0.717) is 14.9 Å². The van der Waals surface area contributed by atoms with Gasteiger partial charge in [0.25, 0.3) is 0 Å². The molecule has 0 aliphatic rings. The van der Waals surface area contributed by atoms with Gasteiger partial charge in [-0.1, -0.05) is 0 Å². The van der Waals surface area contributed by atoms with Crippen LogP contribution in [0.15, 0.2) is 24.0 Å². The minimum absolute atomic E-state index is 0.0381. The second-order valence-electron chi connectivity index (χ2n) is 4.37. The zero-order chi connectivity index (χ0) is 16.6. The average Bonchev–Trinajstić information content (AvgIpc) is 3.13. The Kier molecular flexibility index (Phi) is 3.76. The van der Waals surface area contributed by atoms with E-state index in [0.717, 1.165) is 12.5 Å². The van der Waals surface area contributed by atoms with E-state index in [2.05, 4.69) is 19.8 Å². The van der Waals surface area contributed by atoms with Gasteiger partial charge in [0, 0.05) is 0 Å². The van der Waals surface area contributed by atoms with Gasteiger partial charge >= 0.3 is 12.1 Å². The molecule has 6 nitrogen and oxygen atoms in total. The molecule has 3 rings (SSSR count). The first-order valence-electron chi connectivity index (χ1n) is 6.44. The van der Waals surface area contributed by atoms with Crippen LogP contribution in [0.1, 0.15) is 23.0 Å². The van der Waals surface area contributed by atoms with E-state index in [1.807, 2.05) is 0 Å². The van der Waals surface area contributed by atoms with E-state index in [1.165, 1.54) is 18.3 Å². The van der Waals surface area contributed by atoms with E-state index in [-0.39, 0.29) is 12.4 Å². The van der Waals surface area contributed by atoms with Crippen LogP contribution in [-0.4, -0.2) is 32.3 Å². The number of fused-ring (bicyclic) bond motifs is 1. The molecule has 0 N–H and O–H groups in total. The summed E-state index contributed by atoms with van der Waals surface area (Å²) in [6.45, 7) is 1.47. The number of halogens is 3. The fourth-order valence-corrected chi connectivity index (χ4v) is 2.81. The fourth-order valence-electron chi connectivity index (χ4n) is 2.09. The first kappa shape index (κ1) is 15.4. The predicted molar refractivity (Wildman–Crippen MR) is 75.5 cm³/mol. The van der Waals surface area contributed by atoms with Crippen LogP contribution < -0.4 is 0 Å². The highest BCUT2D eigenvalue weighted by Crippen LogP contribution is 2.35. The summed E-state index contributed by atoms with van der Waals surface area (Å²) in [6, 6.07) is 1.60. The van der Waals surface area contributed by atoms with Crippen molar-refractivity contribution in [2.24, 2.45) is 0 Å². The summed E-state index contributed by atoms with van der Waals surface area (Å²) >= 11 is 1.27. The van der Waals surface area contributed by atoms with E-state index in [1.54, 1.807) is 11.4 Å². The third-order valence-electron chi connectivity index (χ3n) is 2.97. The van der Waals surface area contributed by atoms with Crippen molar-refractivity contribution in [3.8, 4) is 5.82 Å². The minimum Gasteiger partial charge on any atom is -0.462 e. The van der Waals surface area contributed by atoms with Crippen molar-refractivity contribution in [2.45, 2.75) is 13.1 Å². The highest BCUT2D eigenvalue weighted by molar-refractivity contribution is 7.16. The number of aromatic nitrogens is 4. The SMILES string of the molecule is CCOC(=O)c1cnn(-c2ncnc3sccc23)c1C(F)(F)F. The molecule has 23 heavy (non-hydrogen) atoms. The summed E-state index contributed by atoms with van der Waals surface area (Å²) in [4.78, 5) is 20.2. The summed E-state index contributed by atoms with van der Waals surface area (Å²) in [6.07, 6.45) is -2.81. The number of alkyl halides is 3. The van der Waals surface area contributed by atoms with Gasteiger partial charge < -0.3 is 4.74 Å². The first-order valence-corrected chi connectivity index (χ1v) is 7.32. The molecule has 0 bridgehead atoms. The molecule has 120 valence electrons. The molecule has 0 radical (unpaired) electrons. The molecule has 0 fully saturated rings. The molecule has 0 amide bonds. The monoisotopic (exact) mass is 342 g/mol. The van der Waals surface area contributed by atoms with Gasteiger partial charge in [0.2, 0.25) is 0 Å². The van der Waals surface area contributed by atoms with Gasteiger partial charge in [-0.05, 0) is 18.4 Å². The molecular formula is C13H9F3N4O2S. The topological polar surface area (TPSA) is 69.9 Å². The van der Waals surface area contributed by atoms with Crippen LogP contribution in [0.25, 0.3) is 16.0 Å². The lowest BCUT2D eigenvalue weighted by Crippen LogP contribution is -2.19. The minimum atomic E-state index is -4.80. The van der Waals surface area contributed by atoms with Gasteiger partial charge in [0.05, 0.1) is 18.2 Å². The standard InChI is InChI=1S/C13H9F3N4O2S/c1-2-22-12(21)8-5-19-20(9(8)13(14,15)16)10-7-3-4-23-11(7)18-6-17-10/h3-6H,2H2,1H3. The van der Waals surface area contributed by atoms with E-state index in [4.69, 9.17) is 0 Å². The van der Waals surface area contributed by atoms with Gasteiger partial charge in [0.1, 0.15) is 16.7 Å². The quantitative estimate of drug-likeness (QED) is 0.684. The zero-order valence-electron chi connectivity index (χ0n) is 11.7. The Morgan fingerprint density at radius 3 is 2.87 bits per heavy atom. The average molecular weight is 342 g/mol. The molecule has 0 saturated heterocycles. The smallest absolute Gasteiger partial charge is 0.434 e. The van der Waals surface area contributed by atoms with Crippen LogP contribution in [-0.2, 0) is 10.9 Å². The number of thiophene rings is 1. The van der Waals surface area contributed by atoms with Crippen molar-refractivity contribution in [1.82, 2.24) is 19.7 Å². The number of hydrogen-bond acceptors (Lipinski definition) is 6. The summed E-state index contributed by atoms with van der Waals surface area (Å²) in [5.74, 6) is -1.12. The summed E-state index contributed by atoms with van der Waals surface area (Å²) in [7, 11) is 0. The number of hydrogen-bond donors (Lipinski definition) is 0. The van der Waals surface area contributed by atoms with Crippen LogP contribution in [0.5, 0.6) is 0 Å². The maximum atomic E-state index is 13.4. The number of rotatable bonds is 3. The third kappa shape index (κ3) is 2.65. The van der Waals surface area contributed by atoms with Crippen molar-refractivity contribution in [3.63, 3.8) is 0 Å². The summed E-state index contributed by atoms with van der Waals surface area (Å²) < 4.78 is 45.6. The Labute approximate surface area is 131 Å². The van der Waals surface area contributed by atoms with Crippen LogP contribution in [0.3, 0.4) is 0 Å². The highest BCUT2D eigenvalue weighted by Gasteiger charge is 2.41. The summed E-state index contributed by atoms with van der Waals surface area (Å²) in [5, 5.41) is 5.80. The first-order chi connectivity index (χ1) is 10.9. The highest BCUT2D eigenvalue weighted by atomic mass is 32.1. The van der Waals surface area contributed by atoms with Crippen molar-refractivity contribution in [1.29, 1.82) is 0 Å². The number of esters is 1. The van der Waals surface area contributed by atoms with Gasteiger partial charge in [-0.15, -0.1) is 11.3 Å². The predicted octanol–water partition coefficient (Wildman–Crippen LogP) is 3.07. The largest absolute Gasteiger partial charge is 0.462 e. The van der Waals surface area contributed by atoms with E-state index >= 15 is 0 Å². The maximum Gasteiger partial charge on any atom is 0.434 e. The Balaban J connectivity index is 2.24. The van der Waals surface area contributed by atoms with Gasteiger partial charge in [0.15, 0.2) is 11.5 Å². The normalized spacial score (nSPS) is 11.8. The Morgan fingerprint density at radius 2 is 2.17 bits per heavy atom. The Bertz CT molecular complexity index is 872. The second-order valence-corrected chi connectivity index (χ2v) is 5.27. The molecule has 3 aromatic heterocycles. The molecular weight excluding hydrogens is 333 g/mol. The lowest BCUT2D eigenvalue weighted by Gasteiger charge is -2.12. The molecule has 0 atom stereocenters. The molecule has 0 unspecified atom stereocenters. The molecule has 3 heterocycles. The number of ether oxygens (including phenoxy) is 1. The number of nitrogens with zero attached hydrogens (tertiary/aromatic N) is 4. The van der Waals surface area contributed by atoms with Gasteiger partial charge in [-0.25, -0.2) is 19.4 Å². The molecule has 0 spiro atoms. The molecule has 0 aromatic carbocycles. The Hall–Kier alpha value is -2.49. The van der Waals surface area contributed by atoms with Gasteiger partial charge in [-0.2, -0.15) is 18.3 Å². The lowest BCUT2D eigenvalue weighted by atomic mass is 10.2. The third-order valence-corrected chi connectivity index (χ3v) is 3.80. The summed E-state index contributed by atoms with van der Waals surface area (Å²) in [5.41, 5.74) is -1.87. The van der Waals surface area contributed by atoms with Crippen molar-refractivity contribution in [3.05, 3.63) is 35.2 Å². The van der Waals surface area contributed by atoms with Crippen molar-refractivity contribution < 1.29 is 22.7 Å². The Morgan fingerprint density at radius 1 is 1.39 bits per heavy atom. The molecule has 0 aliphatic carbocycles. The molecule has 3 aromatic rings. The van der Waals surface area contributed by atoms with Crippen LogP contribution in [0.4, 0.5) is 13.2 Å². The van der Waals surface area contributed by atoms with E-state index < -0.39 is 23.4 Å². The molecule has 0 saturated carbocycles. The van der Waals surface area contributed by atoms with Crippen LogP contribution in [0.2, 0.25) is 0 Å². The maximum absolute atomic E-state index is 13.4. The van der Waals surface area contributed by atoms with Crippen molar-refractivity contribution in [2.75, 3.05) is 6.61 Å². The number of carbonyl (C=O) groups is 1.